The van der Waals surface area contributed by atoms with Crippen molar-refractivity contribution < 1.29 is 30.6 Å². The van der Waals surface area contributed by atoms with Crippen molar-refractivity contribution in [2.24, 2.45) is 11.8 Å². The molecule has 0 aliphatic rings. The molecule has 0 bridgehead atoms. The average molecular weight is 531 g/mol. The Balaban J connectivity index is 2.31. The van der Waals surface area contributed by atoms with Gasteiger partial charge in [-0.2, -0.15) is 0 Å². The number of benzene rings is 2. The Morgan fingerprint density at radius 3 is 1.63 bits per heavy atom. The molecule has 0 saturated heterocycles. The van der Waals surface area contributed by atoms with E-state index in [2.05, 4.69) is 77.9 Å². The molecule has 6 nitrogen and oxygen atoms in total. The molecule has 7 atom stereocenters. The molecule has 3 unspecified atom stereocenters. The molecule has 214 valence electrons. The predicted molar refractivity (Wildman–Crippen MR) is 152 cm³/mol. The molecule has 0 amide bonds. The number of hydrogen-bond donors (Lipinski definition) is 6. The van der Waals surface area contributed by atoms with Gasteiger partial charge in [-0.05, 0) is 64.2 Å². The quantitative estimate of drug-likeness (QED) is 0.250. The van der Waals surface area contributed by atoms with Gasteiger partial charge in [0.15, 0.2) is 0 Å². The largest absolute Gasteiger partial charge is 0.394 e. The molecule has 2 rings (SSSR count). The Morgan fingerprint density at radius 2 is 1.13 bits per heavy atom. The second-order valence-corrected chi connectivity index (χ2v) is 13.0. The van der Waals surface area contributed by atoms with Crippen molar-refractivity contribution in [3.63, 3.8) is 0 Å². The molecule has 0 fully saturated rings. The number of hydrogen-bond acceptors (Lipinski definition) is 6. The van der Waals surface area contributed by atoms with Crippen LogP contribution in [0.15, 0.2) is 48.5 Å². The van der Waals surface area contributed by atoms with Gasteiger partial charge in [0, 0.05) is 0 Å². The standard InChI is InChI=1S/C32H50O6/c1-20(14-15-21-10-8-12-23(16-21)31(2,3)4)25(18-22-11-9-13-24(17-22)32(5,6)7)27(35)29(37)30(38)28(36)26(34)19-33/h8-13,16-17,20,25-30,33-38H,14-15,18-19H2,1-7H3/t20?,25?,26-,27?,28+,29+,30-/m0/s1. The Hall–Kier alpha value is -1.80. The Labute approximate surface area is 229 Å². The molecule has 0 spiro atoms. The highest BCUT2D eigenvalue weighted by atomic mass is 16.4. The van der Waals surface area contributed by atoms with Gasteiger partial charge in [0.2, 0.25) is 0 Å². The lowest BCUT2D eigenvalue weighted by Crippen LogP contribution is -2.52. The lowest BCUT2D eigenvalue weighted by atomic mass is 9.76. The number of rotatable bonds is 12. The Morgan fingerprint density at radius 1 is 0.658 bits per heavy atom. The maximum absolute atomic E-state index is 11.3. The number of aryl methyl sites for hydroxylation is 1. The van der Waals surface area contributed by atoms with Crippen LogP contribution in [0.5, 0.6) is 0 Å². The summed E-state index contributed by atoms with van der Waals surface area (Å²) < 4.78 is 0. The maximum Gasteiger partial charge on any atom is 0.111 e. The van der Waals surface area contributed by atoms with Gasteiger partial charge in [-0.15, -0.1) is 0 Å². The zero-order chi connectivity index (χ0) is 28.8. The molecule has 2 aromatic rings. The number of aliphatic hydroxyl groups excluding tert-OH is 6. The molecular formula is C32H50O6. The van der Waals surface area contributed by atoms with Crippen molar-refractivity contribution in [2.45, 2.75) is 109 Å². The minimum atomic E-state index is -1.81. The second-order valence-electron chi connectivity index (χ2n) is 13.0. The van der Waals surface area contributed by atoms with Gasteiger partial charge in [-0.3, -0.25) is 0 Å². The van der Waals surface area contributed by atoms with E-state index in [1.807, 2.05) is 19.1 Å². The van der Waals surface area contributed by atoms with E-state index in [0.29, 0.717) is 6.42 Å². The van der Waals surface area contributed by atoms with Crippen LogP contribution in [0, 0.1) is 11.8 Å². The van der Waals surface area contributed by atoms with Crippen LogP contribution >= 0.6 is 0 Å². The molecule has 0 aromatic heterocycles. The van der Waals surface area contributed by atoms with E-state index in [4.69, 9.17) is 5.11 Å². The van der Waals surface area contributed by atoms with Gasteiger partial charge in [-0.25, -0.2) is 0 Å². The van der Waals surface area contributed by atoms with Crippen LogP contribution in [0.1, 0.15) is 77.1 Å². The lowest BCUT2D eigenvalue weighted by Gasteiger charge is -2.35. The summed E-state index contributed by atoms with van der Waals surface area (Å²) in [5.74, 6) is -0.470. The summed E-state index contributed by atoms with van der Waals surface area (Å²) in [6, 6.07) is 16.7. The third kappa shape index (κ3) is 8.87. The summed E-state index contributed by atoms with van der Waals surface area (Å²) in [6.45, 7) is 14.2. The van der Waals surface area contributed by atoms with Crippen molar-refractivity contribution >= 4 is 0 Å². The van der Waals surface area contributed by atoms with Gasteiger partial charge in [0.25, 0.3) is 0 Å². The molecule has 38 heavy (non-hydrogen) atoms. The molecule has 0 saturated carbocycles. The third-order valence-corrected chi connectivity index (χ3v) is 7.75. The molecular weight excluding hydrogens is 480 g/mol. The van der Waals surface area contributed by atoms with Crippen LogP contribution in [0.3, 0.4) is 0 Å². The zero-order valence-corrected chi connectivity index (χ0v) is 24.2. The van der Waals surface area contributed by atoms with E-state index in [1.54, 1.807) is 0 Å². The topological polar surface area (TPSA) is 121 Å². The maximum atomic E-state index is 11.3. The van der Waals surface area contributed by atoms with Crippen LogP contribution in [0.25, 0.3) is 0 Å². The molecule has 0 radical (unpaired) electrons. The second kappa shape index (κ2) is 13.5. The first-order chi connectivity index (χ1) is 17.6. The van der Waals surface area contributed by atoms with Crippen LogP contribution < -0.4 is 0 Å². The van der Waals surface area contributed by atoms with Gasteiger partial charge in [-0.1, -0.05) is 97.0 Å². The summed E-state index contributed by atoms with van der Waals surface area (Å²) >= 11 is 0. The first kappa shape index (κ1) is 32.4. The van der Waals surface area contributed by atoms with Crippen molar-refractivity contribution in [1.82, 2.24) is 0 Å². The van der Waals surface area contributed by atoms with Crippen LogP contribution in [0.2, 0.25) is 0 Å². The molecule has 6 heteroatoms. The fourth-order valence-corrected chi connectivity index (χ4v) is 4.89. The number of aliphatic hydroxyl groups is 6. The minimum absolute atomic E-state index is 0.0386. The first-order valence-electron chi connectivity index (χ1n) is 13.8. The molecule has 0 aliphatic heterocycles. The predicted octanol–water partition coefficient (Wildman–Crippen LogP) is 3.51. The summed E-state index contributed by atoms with van der Waals surface area (Å²) in [6.07, 6.45) is -6.28. The van der Waals surface area contributed by atoms with Crippen molar-refractivity contribution in [3.8, 4) is 0 Å². The highest BCUT2D eigenvalue weighted by Crippen LogP contribution is 2.31. The van der Waals surface area contributed by atoms with Gasteiger partial charge in [0.1, 0.15) is 24.4 Å². The van der Waals surface area contributed by atoms with Crippen molar-refractivity contribution in [1.29, 1.82) is 0 Å². The van der Waals surface area contributed by atoms with Crippen LogP contribution in [-0.2, 0) is 23.7 Å². The van der Waals surface area contributed by atoms with E-state index in [-0.39, 0.29) is 16.7 Å². The highest BCUT2D eigenvalue weighted by molar-refractivity contribution is 5.30. The van der Waals surface area contributed by atoms with Crippen molar-refractivity contribution in [2.75, 3.05) is 6.61 Å². The van der Waals surface area contributed by atoms with E-state index in [9.17, 15) is 25.5 Å². The van der Waals surface area contributed by atoms with Crippen LogP contribution in [0.4, 0.5) is 0 Å². The van der Waals surface area contributed by atoms with E-state index in [0.717, 1.165) is 24.0 Å². The molecule has 0 heterocycles. The van der Waals surface area contributed by atoms with E-state index < -0.39 is 43.0 Å². The highest BCUT2D eigenvalue weighted by Gasteiger charge is 2.39. The fraction of sp³-hybridized carbons (Fsp3) is 0.625. The molecule has 0 aliphatic carbocycles. The smallest absolute Gasteiger partial charge is 0.111 e. The fourth-order valence-electron chi connectivity index (χ4n) is 4.89. The summed E-state index contributed by atoms with van der Waals surface area (Å²) in [7, 11) is 0. The molecule has 6 N–H and O–H groups in total. The summed E-state index contributed by atoms with van der Waals surface area (Å²) in [5, 5.41) is 61.7. The van der Waals surface area contributed by atoms with E-state index in [1.165, 1.54) is 11.1 Å². The monoisotopic (exact) mass is 530 g/mol. The van der Waals surface area contributed by atoms with Gasteiger partial charge < -0.3 is 30.6 Å². The Kier molecular flexibility index (Phi) is 11.5. The van der Waals surface area contributed by atoms with E-state index >= 15 is 0 Å². The first-order valence-corrected chi connectivity index (χ1v) is 13.8. The SMILES string of the molecule is CC(CCc1cccc(C(C)(C)C)c1)C(Cc1cccc(C(C)(C)C)c1)C(O)[C@@H](O)[C@@H](O)[C@H](O)[C@@H](O)CO. The average Bonchev–Trinajstić information content (AvgIpc) is 2.87. The third-order valence-electron chi connectivity index (χ3n) is 7.75. The molecule has 2 aromatic carbocycles. The summed E-state index contributed by atoms with van der Waals surface area (Å²) in [4.78, 5) is 0. The van der Waals surface area contributed by atoms with Crippen molar-refractivity contribution in [3.05, 3.63) is 70.8 Å². The lowest BCUT2D eigenvalue weighted by molar-refractivity contribution is -0.152. The Bertz CT molecular complexity index is 992. The summed E-state index contributed by atoms with van der Waals surface area (Å²) in [5.41, 5.74) is 4.63. The zero-order valence-electron chi connectivity index (χ0n) is 24.2. The van der Waals surface area contributed by atoms with Gasteiger partial charge in [0.05, 0.1) is 12.7 Å². The van der Waals surface area contributed by atoms with Crippen LogP contribution in [-0.4, -0.2) is 67.8 Å². The van der Waals surface area contributed by atoms with Gasteiger partial charge >= 0.3 is 0 Å². The normalized spacial score (nSPS) is 18.3. The minimum Gasteiger partial charge on any atom is -0.394 e.